The third-order valence-corrected chi connectivity index (χ3v) is 6.33. The summed E-state index contributed by atoms with van der Waals surface area (Å²) in [5.74, 6) is -0.812. The van der Waals surface area contributed by atoms with Gasteiger partial charge in [-0.2, -0.15) is 0 Å². The Balaban J connectivity index is 2.38. The average molecular weight is 494 g/mol. The minimum absolute atomic E-state index is 0.163. The number of hydrogen-bond acceptors (Lipinski definition) is 4. The van der Waals surface area contributed by atoms with Crippen LogP contribution in [-0.2, 0) is 26.2 Å². The molecule has 0 aromatic heterocycles. The Labute approximate surface area is 201 Å². The van der Waals surface area contributed by atoms with Crippen molar-refractivity contribution in [1.29, 1.82) is 0 Å². The predicted molar refractivity (Wildman–Crippen MR) is 133 cm³/mol. The maximum absolute atomic E-state index is 13.4. The van der Waals surface area contributed by atoms with Gasteiger partial charge >= 0.3 is 0 Å². The molecule has 0 unspecified atom stereocenters. The number of carbonyl (C=O) groups excluding carboxylic acids is 2. The Bertz CT molecular complexity index is 1080. The summed E-state index contributed by atoms with van der Waals surface area (Å²) in [6.07, 6.45) is 1.04. The molecule has 0 aliphatic rings. The van der Waals surface area contributed by atoms with Gasteiger partial charge in [-0.25, -0.2) is 8.42 Å². The number of carbonyl (C=O) groups is 2. The lowest BCUT2D eigenvalue weighted by Gasteiger charge is -2.33. The fraction of sp³-hybridized carbons (Fsp3) is 0.417. The minimum atomic E-state index is -3.77. The first-order valence-corrected chi connectivity index (χ1v) is 12.8. The third-order valence-electron chi connectivity index (χ3n) is 4.93. The zero-order valence-corrected chi connectivity index (χ0v) is 21.5. The summed E-state index contributed by atoms with van der Waals surface area (Å²) < 4.78 is 26.0. The Morgan fingerprint density at radius 1 is 1.03 bits per heavy atom. The van der Waals surface area contributed by atoms with Crippen LogP contribution in [0.5, 0.6) is 0 Å². The number of sulfonamides is 1. The van der Waals surface area contributed by atoms with E-state index >= 15 is 0 Å². The SMILES string of the molecule is Cc1ccc(CN(C(=O)CN(c2ccc(Cl)cc2)S(C)(=O)=O)[C@H](C)C(=O)NC(C)(C)C)cc1. The van der Waals surface area contributed by atoms with E-state index in [1.807, 2.05) is 52.0 Å². The van der Waals surface area contributed by atoms with E-state index in [0.717, 1.165) is 21.7 Å². The van der Waals surface area contributed by atoms with E-state index in [1.54, 1.807) is 19.1 Å². The van der Waals surface area contributed by atoms with Gasteiger partial charge in [0.1, 0.15) is 12.6 Å². The molecule has 180 valence electrons. The molecular formula is C24H32ClN3O4S. The molecule has 0 radical (unpaired) electrons. The lowest BCUT2D eigenvalue weighted by molar-refractivity contribution is -0.140. The Morgan fingerprint density at radius 2 is 1.58 bits per heavy atom. The van der Waals surface area contributed by atoms with Crippen molar-refractivity contribution in [3.05, 3.63) is 64.7 Å². The van der Waals surface area contributed by atoms with Crippen LogP contribution in [0.2, 0.25) is 5.02 Å². The Kier molecular flexibility index (Phi) is 8.54. The summed E-state index contributed by atoms with van der Waals surface area (Å²) in [7, 11) is -3.77. The third kappa shape index (κ3) is 8.05. The first-order valence-electron chi connectivity index (χ1n) is 10.6. The van der Waals surface area contributed by atoms with Crippen LogP contribution in [0.1, 0.15) is 38.8 Å². The van der Waals surface area contributed by atoms with E-state index in [-0.39, 0.29) is 12.5 Å². The van der Waals surface area contributed by atoms with Gasteiger partial charge in [-0.3, -0.25) is 13.9 Å². The van der Waals surface area contributed by atoms with E-state index in [0.29, 0.717) is 10.7 Å². The summed E-state index contributed by atoms with van der Waals surface area (Å²) in [5, 5.41) is 3.34. The number of nitrogens with one attached hydrogen (secondary N) is 1. The quantitative estimate of drug-likeness (QED) is 0.606. The summed E-state index contributed by atoms with van der Waals surface area (Å²) in [6, 6.07) is 13.0. The molecule has 0 saturated carbocycles. The fourth-order valence-electron chi connectivity index (χ4n) is 3.17. The molecule has 0 spiro atoms. The van der Waals surface area contributed by atoms with Gasteiger partial charge in [0.25, 0.3) is 0 Å². The Morgan fingerprint density at radius 3 is 2.06 bits per heavy atom. The molecule has 0 heterocycles. The summed E-state index contributed by atoms with van der Waals surface area (Å²) >= 11 is 5.93. The van der Waals surface area contributed by atoms with Crippen molar-refractivity contribution in [3.8, 4) is 0 Å². The van der Waals surface area contributed by atoms with Crippen LogP contribution in [-0.4, -0.2) is 49.5 Å². The topological polar surface area (TPSA) is 86.8 Å². The van der Waals surface area contributed by atoms with Crippen LogP contribution in [0.15, 0.2) is 48.5 Å². The van der Waals surface area contributed by atoms with Crippen LogP contribution in [0.3, 0.4) is 0 Å². The molecule has 0 bridgehead atoms. The van der Waals surface area contributed by atoms with Crippen molar-refractivity contribution < 1.29 is 18.0 Å². The molecule has 0 aliphatic carbocycles. The molecule has 2 rings (SSSR count). The molecule has 2 amide bonds. The second-order valence-electron chi connectivity index (χ2n) is 9.17. The van der Waals surface area contributed by atoms with Crippen molar-refractivity contribution in [2.75, 3.05) is 17.1 Å². The second-order valence-corrected chi connectivity index (χ2v) is 11.5. The monoisotopic (exact) mass is 493 g/mol. The van der Waals surface area contributed by atoms with Gasteiger partial charge < -0.3 is 10.2 Å². The molecule has 0 aliphatic heterocycles. The number of benzene rings is 2. The highest BCUT2D eigenvalue weighted by atomic mass is 35.5. The van der Waals surface area contributed by atoms with Crippen LogP contribution < -0.4 is 9.62 Å². The highest BCUT2D eigenvalue weighted by Crippen LogP contribution is 2.21. The van der Waals surface area contributed by atoms with Gasteiger partial charge in [-0.15, -0.1) is 0 Å². The average Bonchev–Trinajstić information content (AvgIpc) is 2.69. The molecule has 2 aromatic rings. The zero-order chi connectivity index (χ0) is 25.0. The maximum Gasteiger partial charge on any atom is 0.244 e. The van der Waals surface area contributed by atoms with Gasteiger partial charge in [0.15, 0.2) is 0 Å². The largest absolute Gasteiger partial charge is 0.350 e. The fourth-order valence-corrected chi connectivity index (χ4v) is 4.14. The molecule has 1 atom stereocenters. The smallest absolute Gasteiger partial charge is 0.244 e. The number of nitrogens with zero attached hydrogens (tertiary/aromatic N) is 2. The van der Waals surface area contributed by atoms with Crippen molar-refractivity contribution in [1.82, 2.24) is 10.2 Å². The predicted octanol–water partition coefficient (Wildman–Crippen LogP) is 3.75. The lowest BCUT2D eigenvalue weighted by atomic mass is 10.1. The maximum atomic E-state index is 13.4. The highest BCUT2D eigenvalue weighted by Gasteiger charge is 2.31. The molecule has 0 fully saturated rings. The molecule has 33 heavy (non-hydrogen) atoms. The van der Waals surface area contributed by atoms with Crippen molar-refractivity contribution in [2.24, 2.45) is 0 Å². The van der Waals surface area contributed by atoms with Gasteiger partial charge in [0, 0.05) is 17.1 Å². The van der Waals surface area contributed by atoms with Crippen LogP contribution >= 0.6 is 11.6 Å². The normalized spacial score (nSPS) is 12.7. The molecule has 7 nitrogen and oxygen atoms in total. The van der Waals surface area contributed by atoms with E-state index in [9.17, 15) is 18.0 Å². The lowest BCUT2D eigenvalue weighted by Crippen LogP contribution is -2.54. The van der Waals surface area contributed by atoms with E-state index in [4.69, 9.17) is 11.6 Å². The molecule has 9 heteroatoms. The first kappa shape index (κ1) is 26.7. The van der Waals surface area contributed by atoms with Crippen LogP contribution in [0.25, 0.3) is 0 Å². The van der Waals surface area contributed by atoms with Crippen LogP contribution in [0, 0.1) is 6.92 Å². The van der Waals surface area contributed by atoms with Crippen LogP contribution in [0.4, 0.5) is 5.69 Å². The van der Waals surface area contributed by atoms with Gasteiger partial charge in [0.05, 0.1) is 11.9 Å². The number of hydrogen-bond donors (Lipinski definition) is 1. The summed E-state index contributed by atoms with van der Waals surface area (Å²) in [4.78, 5) is 27.7. The summed E-state index contributed by atoms with van der Waals surface area (Å²) in [5.41, 5.74) is 1.74. The first-order chi connectivity index (χ1) is 15.2. The van der Waals surface area contributed by atoms with Gasteiger partial charge in [0.2, 0.25) is 21.8 Å². The molecule has 0 saturated heterocycles. The van der Waals surface area contributed by atoms with E-state index in [1.165, 1.54) is 17.0 Å². The molecular weight excluding hydrogens is 462 g/mol. The zero-order valence-electron chi connectivity index (χ0n) is 19.9. The Hall–Kier alpha value is -2.58. The number of amides is 2. The van der Waals surface area contributed by atoms with E-state index < -0.39 is 34.1 Å². The van der Waals surface area contributed by atoms with Gasteiger partial charge in [-0.1, -0.05) is 41.4 Å². The highest BCUT2D eigenvalue weighted by molar-refractivity contribution is 7.92. The number of anilines is 1. The summed E-state index contributed by atoms with van der Waals surface area (Å²) in [6.45, 7) is 8.89. The van der Waals surface area contributed by atoms with Crippen molar-refractivity contribution >= 4 is 39.1 Å². The van der Waals surface area contributed by atoms with Crippen molar-refractivity contribution in [3.63, 3.8) is 0 Å². The number of rotatable bonds is 8. The second kappa shape index (κ2) is 10.6. The van der Waals surface area contributed by atoms with Gasteiger partial charge in [-0.05, 0) is 64.4 Å². The number of halogens is 1. The van der Waals surface area contributed by atoms with E-state index in [2.05, 4.69) is 5.32 Å². The standard InChI is InChI=1S/C24H32ClN3O4S/c1-17-7-9-19(10-8-17)15-27(18(2)23(30)26-24(3,4)5)22(29)16-28(33(6,31)32)21-13-11-20(25)12-14-21/h7-14,18H,15-16H2,1-6H3,(H,26,30)/t18-/m1/s1. The molecule has 1 N–H and O–H groups in total. The van der Waals surface area contributed by atoms with Crippen molar-refractivity contribution in [2.45, 2.75) is 52.7 Å². The number of aryl methyl sites for hydroxylation is 1. The molecule has 2 aromatic carbocycles. The minimum Gasteiger partial charge on any atom is -0.350 e.